The van der Waals surface area contributed by atoms with Gasteiger partial charge in [0, 0.05) is 34.4 Å². The Morgan fingerprint density at radius 1 is 1.09 bits per heavy atom. The fourth-order valence-corrected chi connectivity index (χ4v) is 5.34. The number of nitrogens with one attached hydrogen (secondary N) is 1. The summed E-state index contributed by atoms with van der Waals surface area (Å²) < 4.78 is 3.04. The van der Waals surface area contributed by atoms with Crippen LogP contribution in [0.25, 0.3) is 31.7 Å². The van der Waals surface area contributed by atoms with Gasteiger partial charge in [0.15, 0.2) is 0 Å². The van der Waals surface area contributed by atoms with Crippen molar-refractivity contribution in [1.29, 1.82) is 0 Å². The molecule has 2 aromatic heterocycles. The van der Waals surface area contributed by atoms with E-state index < -0.39 is 5.91 Å². The van der Waals surface area contributed by atoms with Crippen LogP contribution in [0.3, 0.4) is 0 Å². The fourth-order valence-electron chi connectivity index (χ4n) is 4.11. The number of pyridine rings is 1. The Kier molecular flexibility index (Phi) is 5.71. The predicted octanol–water partition coefficient (Wildman–Crippen LogP) is 6.82. The monoisotopic (exact) mass is 487 g/mol. The Morgan fingerprint density at radius 3 is 2.59 bits per heavy atom. The van der Waals surface area contributed by atoms with Crippen LogP contribution in [0, 0.1) is 13.8 Å². The van der Waals surface area contributed by atoms with Gasteiger partial charge >= 0.3 is 0 Å². The molecule has 0 unspecified atom stereocenters. The normalized spacial score (nSPS) is 11.3. The smallest absolute Gasteiger partial charge is 0.261 e. The zero-order chi connectivity index (χ0) is 24.0. The molecule has 0 atom stereocenters. The Bertz CT molecular complexity index is 1630. The summed E-state index contributed by atoms with van der Waals surface area (Å²) in [6, 6.07) is 17.1. The van der Waals surface area contributed by atoms with Gasteiger partial charge in [-0.05, 0) is 80.4 Å². The summed E-state index contributed by atoms with van der Waals surface area (Å²) in [5.41, 5.74) is 5.14. The van der Waals surface area contributed by atoms with Crippen molar-refractivity contribution in [1.82, 2.24) is 9.55 Å². The molecule has 5 rings (SSSR count). The van der Waals surface area contributed by atoms with Crippen molar-refractivity contribution in [3.8, 4) is 10.6 Å². The van der Waals surface area contributed by atoms with Gasteiger partial charge in [-0.1, -0.05) is 17.7 Å². The third-order valence-corrected chi connectivity index (χ3v) is 7.42. The van der Waals surface area contributed by atoms with Crippen LogP contribution in [-0.2, 0) is 6.54 Å². The number of aromatic nitrogens is 2. The van der Waals surface area contributed by atoms with Crippen molar-refractivity contribution in [2.24, 2.45) is 0 Å². The number of benzene rings is 3. The topological polar surface area (TPSA) is 64.0 Å². The predicted molar refractivity (Wildman–Crippen MR) is 141 cm³/mol. The lowest BCUT2D eigenvalue weighted by atomic mass is 10.1. The van der Waals surface area contributed by atoms with Crippen LogP contribution in [0.15, 0.2) is 65.6 Å². The van der Waals surface area contributed by atoms with Crippen molar-refractivity contribution >= 4 is 55.7 Å². The van der Waals surface area contributed by atoms with E-state index in [1.807, 2.05) is 48.7 Å². The minimum atomic E-state index is -0.440. The molecular formula is C27H22ClN3O2S. The van der Waals surface area contributed by atoms with E-state index in [0.29, 0.717) is 22.6 Å². The molecule has 0 aliphatic heterocycles. The Labute approximate surface area is 205 Å². The number of amides is 1. The summed E-state index contributed by atoms with van der Waals surface area (Å²) in [7, 11) is 0. The second-order valence-electron chi connectivity index (χ2n) is 8.25. The first-order valence-electron chi connectivity index (χ1n) is 11.0. The van der Waals surface area contributed by atoms with Gasteiger partial charge in [-0.2, -0.15) is 0 Å². The van der Waals surface area contributed by atoms with Crippen LogP contribution in [-0.4, -0.2) is 15.5 Å². The molecule has 5 nitrogen and oxygen atoms in total. The quantitative estimate of drug-likeness (QED) is 0.302. The number of hydrogen-bond acceptors (Lipinski definition) is 4. The molecule has 0 spiro atoms. The zero-order valence-electron chi connectivity index (χ0n) is 19.0. The molecule has 0 bridgehead atoms. The van der Waals surface area contributed by atoms with E-state index >= 15 is 0 Å². The largest absolute Gasteiger partial charge is 0.346 e. The number of anilines is 1. The molecule has 0 aliphatic rings. The second-order valence-corrected chi connectivity index (χ2v) is 9.69. The Balaban J connectivity index is 1.44. The van der Waals surface area contributed by atoms with Gasteiger partial charge in [0.2, 0.25) is 5.43 Å². The van der Waals surface area contributed by atoms with E-state index in [2.05, 4.69) is 24.4 Å². The standard InChI is InChI=1S/C27H22ClN3O2S/c1-4-31-14-20(25(32)19-10-11-21(28)16(3)24(19)31)26(33)29-18-8-6-17(7-9-18)27-30-22-12-5-15(2)13-23(22)34-27/h5-14H,4H2,1-3H3,(H,29,33). The molecular weight excluding hydrogens is 466 g/mol. The fraction of sp³-hybridized carbons (Fsp3) is 0.148. The number of carbonyl (C=O) groups excluding carboxylic acids is 1. The molecule has 170 valence electrons. The maximum absolute atomic E-state index is 13.1. The summed E-state index contributed by atoms with van der Waals surface area (Å²) in [5, 5.41) is 4.86. The summed E-state index contributed by atoms with van der Waals surface area (Å²) in [6.07, 6.45) is 1.61. The van der Waals surface area contributed by atoms with Gasteiger partial charge in [0.25, 0.3) is 5.91 Å². The summed E-state index contributed by atoms with van der Waals surface area (Å²) >= 11 is 7.91. The second kappa shape index (κ2) is 8.70. The van der Waals surface area contributed by atoms with Crippen LogP contribution in [0.1, 0.15) is 28.4 Å². The molecule has 3 aromatic carbocycles. The van der Waals surface area contributed by atoms with Crippen molar-refractivity contribution in [3.05, 3.63) is 92.7 Å². The zero-order valence-corrected chi connectivity index (χ0v) is 20.6. The lowest BCUT2D eigenvalue weighted by molar-refractivity contribution is 0.102. The van der Waals surface area contributed by atoms with E-state index in [1.54, 1.807) is 29.7 Å². The number of thiazole rings is 1. The summed E-state index contributed by atoms with van der Waals surface area (Å²) in [5.74, 6) is -0.440. The van der Waals surface area contributed by atoms with Crippen LogP contribution in [0.2, 0.25) is 5.02 Å². The van der Waals surface area contributed by atoms with Gasteiger partial charge in [-0.3, -0.25) is 9.59 Å². The highest BCUT2D eigenvalue weighted by Gasteiger charge is 2.17. The molecule has 1 N–H and O–H groups in total. The number of aryl methyl sites for hydroxylation is 3. The highest BCUT2D eigenvalue weighted by molar-refractivity contribution is 7.21. The van der Waals surface area contributed by atoms with E-state index in [9.17, 15) is 9.59 Å². The van der Waals surface area contributed by atoms with E-state index in [1.165, 1.54) is 5.56 Å². The van der Waals surface area contributed by atoms with Crippen molar-refractivity contribution in [2.75, 3.05) is 5.32 Å². The van der Waals surface area contributed by atoms with Crippen molar-refractivity contribution in [3.63, 3.8) is 0 Å². The summed E-state index contributed by atoms with van der Waals surface area (Å²) in [6.45, 7) is 6.52. The molecule has 34 heavy (non-hydrogen) atoms. The molecule has 0 saturated heterocycles. The first kappa shape index (κ1) is 22.3. The number of carbonyl (C=O) groups is 1. The number of halogens is 1. The lowest BCUT2D eigenvalue weighted by Crippen LogP contribution is -2.24. The third-order valence-electron chi connectivity index (χ3n) is 5.95. The van der Waals surface area contributed by atoms with Gasteiger partial charge < -0.3 is 9.88 Å². The van der Waals surface area contributed by atoms with Gasteiger partial charge in [0.05, 0.1) is 15.7 Å². The molecule has 2 heterocycles. The lowest BCUT2D eigenvalue weighted by Gasteiger charge is -2.14. The van der Waals surface area contributed by atoms with Crippen LogP contribution in [0.5, 0.6) is 0 Å². The molecule has 0 saturated carbocycles. The summed E-state index contributed by atoms with van der Waals surface area (Å²) in [4.78, 5) is 30.9. The maximum atomic E-state index is 13.1. The SMILES string of the molecule is CCn1cc(C(=O)Nc2ccc(-c3nc4ccc(C)cc4s3)cc2)c(=O)c2ccc(Cl)c(C)c21. The number of nitrogens with zero attached hydrogens (tertiary/aromatic N) is 2. The van der Waals surface area contributed by atoms with Crippen LogP contribution in [0.4, 0.5) is 5.69 Å². The van der Waals surface area contributed by atoms with Crippen molar-refractivity contribution < 1.29 is 4.79 Å². The maximum Gasteiger partial charge on any atom is 0.261 e. The molecule has 5 aromatic rings. The Morgan fingerprint density at radius 2 is 1.85 bits per heavy atom. The number of rotatable bonds is 4. The highest BCUT2D eigenvalue weighted by atomic mass is 35.5. The minimum absolute atomic E-state index is 0.0988. The van der Waals surface area contributed by atoms with Gasteiger partial charge in [0.1, 0.15) is 10.6 Å². The first-order valence-corrected chi connectivity index (χ1v) is 12.2. The van der Waals surface area contributed by atoms with Gasteiger partial charge in [-0.15, -0.1) is 11.3 Å². The molecule has 0 radical (unpaired) electrons. The molecule has 1 amide bonds. The number of hydrogen-bond donors (Lipinski definition) is 1. The average Bonchev–Trinajstić information content (AvgIpc) is 3.25. The van der Waals surface area contributed by atoms with Crippen molar-refractivity contribution in [2.45, 2.75) is 27.3 Å². The van der Waals surface area contributed by atoms with Gasteiger partial charge in [-0.25, -0.2) is 4.98 Å². The van der Waals surface area contributed by atoms with E-state index in [4.69, 9.17) is 16.6 Å². The Hall–Kier alpha value is -3.48. The van der Waals surface area contributed by atoms with E-state index in [-0.39, 0.29) is 11.0 Å². The molecule has 7 heteroatoms. The molecule has 0 fully saturated rings. The highest BCUT2D eigenvalue weighted by Crippen LogP contribution is 2.31. The first-order chi connectivity index (χ1) is 16.4. The molecule has 0 aliphatic carbocycles. The third kappa shape index (κ3) is 3.89. The van der Waals surface area contributed by atoms with Crippen LogP contribution < -0.4 is 10.7 Å². The van der Waals surface area contributed by atoms with Crippen LogP contribution >= 0.6 is 22.9 Å². The minimum Gasteiger partial charge on any atom is -0.346 e. The number of fused-ring (bicyclic) bond motifs is 2. The average molecular weight is 488 g/mol. The van der Waals surface area contributed by atoms with E-state index in [0.717, 1.165) is 31.9 Å².